The number of cyclic esters (lactones) is 1. The number of esters is 1. The second kappa shape index (κ2) is 7.87. The van der Waals surface area contributed by atoms with Gasteiger partial charge in [0.2, 0.25) is 0 Å². The van der Waals surface area contributed by atoms with Gasteiger partial charge in [0.25, 0.3) is 0 Å². The first kappa shape index (κ1) is 18.2. The summed E-state index contributed by atoms with van der Waals surface area (Å²) in [6, 6.07) is 10.6. The summed E-state index contributed by atoms with van der Waals surface area (Å²) in [6.07, 6.45) is 16.6. The van der Waals surface area contributed by atoms with Gasteiger partial charge < -0.3 is 4.74 Å². The third kappa shape index (κ3) is 3.34. The molecule has 3 heteroatoms. The largest absolute Gasteiger partial charge is 0.459 e. The number of carbonyl (C=O) groups excluding carboxylic acids is 1. The molecule has 1 unspecified atom stereocenters. The SMILES string of the molecule is O=C1O[C@H](C2CCCCC2)[C@@H]2[C@H]3C=CCCC=C3CN2C1Cc1ccccc1. The molecule has 0 amide bonds. The molecule has 0 aromatic heterocycles. The Labute approximate surface area is 168 Å². The van der Waals surface area contributed by atoms with Crippen LogP contribution in [0.15, 0.2) is 54.1 Å². The summed E-state index contributed by atoms with van der Waals surface area (Å²) in [5.74, 6) is 0.941. The highest BCUT2D eigenvalue weighted by Crippen LogP contribution is 2.44. The van der Waals surface area contributed by atoms with Crippen molar-refractivity contribution in [2.24, 2.45) is 11.8 Å². The zero-order valence-electron chi connectivity index (χ0n) is 16.6. The van der Waals surface area contributed by atoms with E-state index in [1.807, 2.05) is 6.07 Å². The molecule has 28 heavy (non-hydrogen) atoms. The van der Waals surface area contributed by atoms with Crippen LogP contribution in [-0.2, 0) is 16.0 Å². The maximum atomic E-state index is 13.2. The van der Waals surface area contributed by atoms with E-state index in [4.69, 9.17) is 4.74 Å². The summed E-state index contributed by atoms with van der Waals surface area (Å²) >= 11 is 0. The first-order chi connectivity index (χ1) is 13.8. The quantitative estimate of drug-likeness (QED) is 0.566. The Morgan fingerprint density at radius 1 is 1.04 bits per heavy atom. The van der Waals surface area contributed by atoms with Crippen LogP contribution in [0, 0.1) is 11.8 Å². The lowest BCUT2D eigenvalue weighted by atomic mass is 9.78. The fraction of sp³-hybridized carbons (Fsp3) is 0.560. The summed E-state index contributed by atoms with van der Waals surface area (Å²) in [5.41, 5.74) is 2.73. The summed E-state index contributed by atoms with van der Waals surface area (Å²) in [5, 5.41) is 0. The molecule has 0 bridgehead atoms. The van der Waals surface area contributed by atoms with E-state index in [0.717, 1.165) is 25.8 Å². The maximum absolute atomic E-state index is 13.2. The van der Waals surface area contributed by atoms with Crippen LogP contribution in [0.1, 0.15) is 50.5 Å². The standard InChI is InChI=1S/C25H31NO2/c27-25-22(16-18-10-4-1-5-11-18)26-17-20-14-8-3-9-15-21(20)23(26)24(28-25)19-12-6-2-7-13-19/h1,4-5,9-11,14-15,19,21-24H,2-3,6-8,12-13,16-17H2/t21-,22?,23-,24+/m0/s1. The molecule has 0 N–H and O–H groups in total. The van der Waals surface area contributed by atoms with Gasteiger partial charge in [0.15, 0.2) is 0 Å². The molecule has 2 aliphatic carbocycles. The number of rotatable bonds is 3. The molecule has 2 heterocycles. The predicted molar refractivity (Wildman–Crippen MR) is 111 cm³/mol. The summed E-state index contributed by atoms with van der Waals surface area (Å²) in [6.45, 7) is 0.926. The van der Waals surface area contributed by atoms with E-state index >= 15 is 0 Å². The smallest absolute Gasteiger partial charge is 0.324 e. The van der Waals surface area contributed by atoms with Crippen LogP contribution in [0.4, 0.5) is 0 Å². The Kier molecular flexibility index (Phi) is 5.11. The van der Waals surface area contributed by atoms with Crippen molar-refractivity contribution in [3.05, 3.63) is 59.7 Å². The number of allylic oxidation sites excluding steroid dienone is 2. The number of fused-ring (bicyclic) bond motifs is 3. The Morgan fingerprint density at radius 3 is 2.68 bits per heavy atom. The van der Waals surface area contributed by atoms with Crippen LogP contribution in [0.3, 0.4) is 0 Å². The molecule has 1 aromatic carbocycles. The van der Waals surface area contributed by atoms with Gasteiger partial charge in [-0.05, 0) is 43.6 Å². The van der Waals surface area contributed by atoms with Gasteiger partial charge in [0.1, 0.15) is 12.1 Å². The van der Waals surface area contributed by atoms with Gasteiger partial charge in [-0.2, -0.15) is 0 Å². The highest BCUT2D eigenvalue weighted by Gasteiger charge is 2.53. The Morgan fingerprint density at radius 2 is 1.86 bits per heavy atom. The lowest BCUT2D eigenvalue weighted by molar-refractivity contribution is -0.178. The molecule has 4 aliphatic rings. The third-order valence-electron chi connectivity index (χ3n) is 7.28. The molecule has 1 aromatic rings. The van der Waals surface area contributed by atoms with Crippen molar-refractivity contribution >= 4 is 5.97 Å². The second-order valence-corrected chi connectivity index (χ2v) is 8.98. The van der Waals surface area contributed by atoms with E-state index < -0.39 is 0 Å². The van der Waals surface area contributed by atoms with E-state index in [1.54, 1.807) is 0 Å². The van der Waals surface area contributed by atoms with Gasteiger partial charge in [0, 0.05) is 12.5 Å². The Bertz CT molecular complexity index is 762. The Balaban J connectivity index is 1.48. The Hall–Kier alpha value is -1.87. The van der Waals surface area contributed by atoms with Crippen LogP contribution in [0.25, 0.3) is 0 Å². The van der Waals surface area contributed by atoms with Gasteiger partial charge in [-0.15, -0.1) is 0 Å². The topological polar surface area (TPSA) is 29.5 Å². The van der Waals surface area contributed by atoms with Gasteiger partial charge >= 0.3 is 5.97 Å². The lowest BCUT2D eigenvalue weighted by Crippen LogP contribution is -2.60. The van der Waals surface area contributed by atoms with E-state index in [2.05, 4.69) is 47.4 Å². The molecule has 3 fully saturated rings. The first-order valence-electron chi connectivity index (χ1n) is 11.2. The summed E-state index contributed by atoms with van der Waals surface area (Å²) in [4.78, 5) is 15.7. The molecule has 148 valence electrons. The van der Waals surface area contributed by atoms with Gasteiger partial charge in [-0.3, -0.25) is 9.69 Å². The molecule has 0 radical (unpaired) electrons. The number of ether oxygens (including phenoxy) is 1. The molecule has 1 saturated carbocycles. The molecule has 5 rings (SSSR count). The zero-order valence-corrected chi connectivity index (χ0v) is 16.6. The van der Waals surface area contributed by atoms with Gasteiger partial charge in [-0.1, -0.05) is 73.4 Å². The van der Waals surface area contributed by atoms with Crippen molar-refractivity contribution in [3.63, 3.8) is 0 Å². The van der Waals surface area contributed by atoms with E-state index in [9.17, 15) is 4.79 Å². The van der Waals surface area contributed by atoms with Crippen molar-refractivity contribution in [2.45, 2.75) is 69.6 Å². The number of benzene rings is 1. The number of morpholine rings is 1. The molecule has 4 atom stereocenters. The highest BCUT2D eigenvalue weighted by atomic mass is 16.6. The van der Waals surface area contributed by atoms with Crippen LogP contribution in [0.2, 0.25) is 0 Å². The van der Waals surface area contributed by atoms with Crippen molar-refractivity contribution in [2.75, 3.05) is 6.54 Å². The van der Waals surface area contributed by atoms with Crippen LogP contribution in [0.5, 0.6) is 0 Å². The first-order valence-corrected chi connectivity index (χ1v) is 11.2. The van der Waals surface area contributed by atoms with Crippen molar-refractivity contribution in [1.29, 1.82) is 0 Å². The van der Waals surface area contributed by atoms with Crippen LogP contribution < -0.4 is 0 Å². The monoisotopic (exact) mass is 377 g/mol. The highest BCUT2D eigenvalue weighted by molar-refractivity contribution is 5.78. The molecular weight excluding hydrogens is 346 g/mol. The number of carbonyl (C=O) groups is 1. The summed E-state index contributed by atoms with van der Waals surface area (Å²) < 4.78 is 6.27. The second-order valence-electron chi connectivity index (χ2n) is 8.98. The fourth-order valence-corrected chi connectivity index (χ4v) is 5.90. The van der Waals surface area contributed by atoms with E-state index in [-0.39, 0.29) is 18.1 Å². The van der Waals surface area contributed by atoms with Crippen molar-refractivity contribution in [1.82, 2.24) is 4.90 Å². The zero-order chi connectivity index (χ0) is 18.9. The van der Waals surface area contributed by atoms with Crippen molar-refractivity contribution < 1.29 is 9.53 Å². The average molecular weight is 378 g/mol. The van der Waals surface area contributed by atoms with E-state index in [0.29, 0.717) is 17.9 Å². The maximum Gasteiger partial charge on any atom is 0.324 e. The molecule has 3 nitrogen and oxygen atoms in total. The summed E-state index contributed by atoms with van der Waals surface area (Å²) in [7, 11) is 0. The van der Waals surface area contributed by atoms with Crippen LogP contribution in [-0.4, -0.2) is 35.6 Å². The van der Waals surface area contributed by atoms with E-state index in [1.165, 1.54) is 43.2 Å². The fourth-order valence-electron chi connectivity index (χ4n) is 5.90. The average Bonchev–Trinajstić information content (AvgIpc) is 2.93. The van der Waals surface area contributed by atoms with Crippen molar-refractivity contribution in [3.8, 4) is 0 Å². The minimum absolute atomic E-state index is 0.00304. The molecule has 2 aliphatic heterocycles. The normalized spacial score (nSPS) is 33.6. The number of nitrogens with zero attached hydrogens (tertiary/aromatic N) is 1. The van der Waals surface area contributed by atoms with Crippen LogP contribution >= 0.6 is 0 Å². The molecule has 2 saturated heterocycles. The lowest BCUT2D eigenvalue weighted by Gasteiger charge is -2.46. The predicted octanol–water partition coefficient (Wildman–Crippen LogP) is 4.68. The van der Waals surface area contributed by atoms with Gasteiger partial charge in [0.05, 0.1) is 6.04 Å². The number of hydrogen-bond donors (Lipinski definition) is 0. The van der Waals surface area contributed by atoms with Gasteiger partial charge in [-0.25, -0.2) is 0 Å². The number of hydrogen-bond acceptors (Lipinski definition) is 3. The third-order valence-corrected chi connectivity index (χ3v) is 7.28. The molecule has 0 spiro atoms. The minimum atomic E-state index is -0.159. The minimum Gasteiger partial charge on any atom is -0.459 e. The molecular formula is C25H31NO2.